The number of nitrogens with one attached hydrogen (secondary N) is 3. The molecule has 190 valence electrons. The van der Waals surface area contributed by atoms with Crippen LogP contribution in [0.1, 0.15) is 12.6 Å². The van der Waals surface area contributed by atoms with Crippen molar-refractivity contribution in [1.29, 1.82) is 0 Å². The Labute approximate surface area is 209 Å². The van der Waals surface area contributed by atoms with Gasteiger partial charge in [0, 0.05) is 44.2 Å². The molecule has 3 N–H and O–H groups in total. The number of rotatable bonds is 12. The molecule has 0 fully saturated rings. The van der Waals surface area contributed by atoms with E-state index in [1.165, 1.54) is 6.07 Å². The van der Waals surface area contributed by atoms with E-state index >= 15 is 0 Å². The number of hydrogen-bond acceptors (Lipinski definition) is 8. The molecule has 3 rings (SSSR count). The Hall–Kier alpha value is -4.25. The van der Waals surface area contributed by atoms with Crippen LogP contribution in [0.2, 0.25) is 0 Å². The first-order valence-corrected chi connectivity index (χ1v) is 11.6. The molecule has 1 aromatic heterocycles. The number of hydrogen-bond donors (Lipinski definition) is 3. The van der Waals surface area contributed by atoms with E-state index in [0.717, 1.165) is 29.4 Å². The molecule has 36 heavy (non-hydrogen) atoms. The molecule has 0 atom stereocenters. The van der Waals surface area contributed by atoms with Crippen LogP contribution in [0.4, 0.5) is 27.8 Å². The predicted octanol–water partition coefficient (Wildman–Crippen LogP) is 4.17. The molecule has 2 aromatic carbocycles. The number of aryl methyl sites for hydroxylation is 1. The summed E-state index contributed by atoms with van der Waals surface area (Å²) in [6.45, 7) is 6.55. The normalized spacial score (nSPS) is 10.9. The minimum atomic E-state index is -0.440. The summed E-state index contributed by atoms with van der Waals surface area (Å²) < 4.78 is 10.5. The third kappa shape index (κ3) is 8.51. The second-order valence-corrected chi connectivity index (χ2v) is 7.76. The fourth-order valence-electron chi connectivity index (χ4n) is 3.26. The predicted molar refractivity (Wildman–Crippen MR) is 139 cm³/mol. The average Bonchev–Trinajstić information content (AvgIpc) is 2.86. The van der Waals surface area contributed by atoms with Gasteiger partial charge in [-0.15, -0.1) is 0 Å². The summed E-state index contributed by atoms with van der Waals surface area (Å²) in [5, 5.41) is 13.9. The number of H-pyrrole nitrogens is 1. The third-order valence-electron chi connectivity index (χ3n) is 5.05. The van der Waals surface area contributed by atoms with E-state index in [0.29, 0.717) is 32.0 Å². The maximum atomic E-state index is 12.1. The van der Waals surface area contributed by atoms with E-state index in [9.17, 15) is 9.59 Å². The molecule has 11 heteroatoms. The number of nitrogens with zero attached hydrogens (tertiary/aromatic N) is 4. The van der Waals surface area contributed by atoms with Crippen molar-refractivity contribution in [3.63, 3.8) is 0 Å². The highest BCUT2D eigenvalue weighted by molar-refractivity contribution is 5.87. The third-order valence-corrected chi connectivity index (χ3v) is 5.05. The van der Waals surface area contributed by atoms with Crippen LogP contribution in [0, 0.1) is 6.92 Å². The number of benzene rings is 2. The molecule has 0 saturated carbocycles. The van der Waals surface area contributed by atoms with Crippen molar-refractivity contribution < 1.29 is 14.3 Å². The van der Waals surface area contributed by atoms with Crippen LogP contribution in [0.15, 0.2) is 69.6 Å². The summed E-state index contributed by atoms with van der Waals surface area (Å²) in [7, 11) is 1.63. The number of carbonyl (C=O) groups is 1. The zero-order chi connectivity index (χ0) is 25.8. The average molecular weight is 494 g/mol. The van der Waals surface area contributed by atoms with Crippen molar-refractivity contribution in [2.75, 3.05) is 50.2 Å². The number of aromatic amines is 1. The van der Waals surface area contributed by atoms with Crippen molar-refractivity contribution in [2.24, 2.45) is 10.2 Å². The van der Waals surface area contributed by atoms with Crippen molar-refractivity contribution in [3.8, 4) is 5.75 Å². The van der Waals surface area contributed by atoms with Crippen molar-refractivity contribution >= 4 is 29.0 Å². The van der Waals surface area contributed by atoms with Crippen molar-refractivity contribution in [1.82, 2.24) is 15.3 Å². The molecule has 3 aromatic rings. The monoisotopic (exact) mass is 493 g/mol. The van der Waals surface area contributed by atoms with Crippen LogP contribution in [0.5, 0.6) is 5.75 Å². The highest BCUT2D eigenvalue weighted by Gasteiger charge is 2.07. The number of ether oxygens (including phenoxy) is 2. The number of aromatic nitrogens is 2. The van der Waals surface area contributed by atoms with E-state index in [-0.39, 0.29) is 5.95 Å². The quantitative estimate of drug-likeness (QED) is 0.256. The molecule has 0 unspecified atom stereocenters. The zero-order valence-electron chi connectivity index (χ0n) is 20.7. The van der Waals surface area contributed by atoms with E-state index in [4.69, 9.17) is 9.47 Å². The van der Waals surface area contributed by atoms with Gasteiger partial charge in [-0.05, 0) is 62.4 Å². The van der Waals surface area contributed by atoms with Crippen LogP contribution in [-0.4, -0.2) is 56.0 Å². The fraction of sp³-hybridized carbons (Fsp3) is 0.320. The van der Waals surface area contributed by atoms with Gasteiger partial charge in [-0.25, -0.2) is 4.79 Å². The summed E-state index contributed by atoms with van der Waals surface area (Å²) in [5.74, 6) is 0.865. The molecule has 0 radical (unpaired) electrons. The number of urea groups is 1. The smallest absolute Gasteiger partial charge is 0.321 e. The van der Waals surface area contributed by atoms with Gasteiger partial charge in [-0.3, -0.25) is 10.1 Å². The van der Waals surface area contributed by atoms with Crippen LogP contribution >= 0.6 is 0 Å². The van der Waals surface area contributed by atoms with Crippen LogP contribution in [0.25, 0.3) is 0 Å². The van der Waals surface area contributed by atoms with Crippen molar-refractivity contribution in [2.45, 2.75) is 13.8 Å². The largest absolute Gasteiger partial charge is 0.491 e. The molecule has 0 spiro atoms. The number of carbonyl (C=O) groups excluding carboxylic acids is 1. The summed E-state index contributed by atoms with van der Waals surface area (Å²) in [5.41, 5.74) is 2.66. The Balaban J connectivity index is 1.48. The molecular weight excluding hydrogens is 462 g/mol. The van der Waals surface area contributed by atoms with E-state index in [1.807, 2.05) is 55.5 Å². The van der Waals surface area contributed by atoms with Gasteiger partial charge in [-0.2, -0.15) is 15.2 Å². The zero-order valence-corrected chi connectivity index (χ0v) is 20.7. The number of likely N-dealkylation sites (N-methyl/N-ethyl adjacent to an activating group) is 1. The van der Waals surface area contributed by atoms with Gasteiger partial charge < -0.3 is 24.7 Å². The van der Waals surface area contributed by atoms with Crippen LogP contribution < -0.4 is 25.8 Å². The molecular formula is C25H31N7O4. The van der Waals surface area contributed by atoms with Crippen molar-refractivity contribution in [3.05, 3.63) is 70.6 Å². The Morgan fingerprint density at radius 2 is 1.72 bits per heavy atom. The van der Waals surface area contributed by atoms with E-state index < -0.39 is 11.6 Å². The van der Waals surface area contributed by atoms with Gasteiger partial charge >= 0.3 is 6.03 Å². The fourth-order valence-corrected chi connectivity index (χ4v) is 3.26. The standard InChI is InChI=1S/C25H31N7O4/c1-4-32(14-13-26-25(34)29-24-27-18(2)17-23(33)28-24)21-9-5-19(6-10-21)30-31-20-7-11-22(12-8-20)36-16-15-35-3/h5-12,17H,4,13-16H2,1-3H3,(H3,26,27,28,29,33,34)/b31-30+. The lowest BCUT2D eigenvalue weighted by molar-refractivity contribution is 0.146. The van der Waals surface area contributed by atoms with E-state index in [2.05, 4.69) is 35.7 Å². The molecule has 2 amide bonds. The lowest BCUT2D eigenvalue weighted by atomic mass is 10.2. The Morgan fingerprint density at radius 1 is 1.06 bits per heavy atom. The van der Waals surface area contributed by atoms with Gasteiger partial charge in [-0.1, -0.05) is 0 Å². The molecule has 0 saturated heterocycles. The molecule has 1 heterocycles. The van der Waals surface area contributed by atoms with Gasteiger partial charge in [0.1, 0.15) is 12.4 Å². The summed E-state index contributed by atoms with van der Waals surface area (Å²) in [6, 6.07) is 16.0. The minimum absolute atomic E-state index is 0.112. The molecule has 11 nitrogen and oxygen atoms in total. The summed E-state index contributed by atoms with van der Waals surface area (Å²) in [6.07, 6.45) is 0. The number of amides is 2. The summed E-state index contributed by atoms with van der Waals surface area (Å²) in [4.78, 5) is 32.2. The van der Waals surface area contributed by atoms with Gasteiger partial charge in [0.15, 0.2) is 0 Å². The van der Waals surface area contributed by atoms with Gasteiger partial charge in [0.25, 0.3) is 5.56 Å². The summed E-state index contributed by atoms with van der Waals surface area (Å²) >= 11 is 0. The Bertz CT molecular complexity index is 1190. The molecule has 0 bridgehead atoms. The Kier molecular flexibility index (Phi) is 9.95. The first-order chi connectivity index (χ1) is 17.5. The topological polar surface area (TPSA) is 133 Å². The van der Waals surface area contributed by atoms with Crippen LogP contribution in [0.3, 0.4) is 0 Å². The highest BCUT2D eigenvalue weighted by atomic mass is 16.5. The molecule has 0 aliphatic heterocycles. The van der Waals surface area contributed by atoms with Gasteiger partial charge in [0.05, 0.1) is 18.0 Å². The number of anilines is 2. The maximum absolute atomic E-state index is 12.1. The van der Waals surface area contributed by atoms with Crippen LogP contribution in [-0.2, 0) is 4.74 Å². The lowest BCUT2D eigenvalue weighted by Gasteiger charge is -2.23. The SMILES string of the molecule is CCN(CCNC(=O)Nc1nc(=O)cc(C)[nH]1)c1ccc(/N=N/c2ccc(OCCOC)cc2)cc1. The number of azo groups is 1. The minimum Gasteiger partial charge on any atom is -0.491 e. The number of methoxy groups -OCH3 is 1. The lowest BCUT2D eigenvalue weighted by Crippen LogP contribution is -2.37. The van der Waals surface area contributed by atoms with E-state index in [1.54, 1.807) is 14.0 Å². The maximum Gasteiger partial charge on any atom is 0.321 e. The second-order valence-electron chi connectivity index (χ2n) is 7.76. The first-order valence-electron chi connectivity index (χ1n) is 11.6. The molecule has 0 aliphatic rings. The molecule has 0 aliphatic carbocycles. The first kappa shape index (κ1) is 26.4. The second kappa shape index (κ2) is 13.6. The highest BCUT2D eigenvalue weighted by Crippen LogP contribution is 2.23. The Morgan fingerprint density at radius 3 is 2.33 bits per heavy atom. The van der Waals surface area contributed by atoms with Gasteiger partial charge in [0.2, 0.25) is 5.95 Å².